The molecular weight excluding hydrogens is 184 g/mol. The molecule has 0 spiro atoms. The lowest BCUT2D eigenvalue weighted by atomic mass is 9.97. The van der Waals surface area contributed by atoms with Crippen LogP contribution in [0.2, 0.25) is 0 Å². The first-order valence-electron chi connectivity index (χ1n) is 5.80. The number of nitrogens with two attached hydrogens (primary N) is 1. The molecule has 0 fully saturated rings. The van der Waals surface area contributed by atoms with Gasteiger partial charge in [0.1, 0.15) is 0 Å². The zero-order chi connectivity index (χ0) is 11.1. The molecular formula is C13H22N2. The summed E-state index contributed by atoms with van der Waals surface area (Å²) in [6.07, 6.45) is 2.37. The van der Waals surface area contributed by atoms with Crippen molar-refractivity contribution in [3.05, 3.63) is 29.8 Å². The summed E-state index contributed by atoms with van der Waals surface area (Å²) in [7, 11) is 0. The van der Waals surface area contributed by atoms with Crippen molar-refractivity contribution in [1.82, 2.24) is 5.32 Å². The van der Waals surface area contributed by atoms with Gasteiger partial charge < -0.3 is 11.1 Å². The molecule has 1 unspecified atom stereocenters. The van der Waals surface area contributed by atoms with Gasteiger partial charge in [-0.15, -0.1) is 0 Å². The Hall–Kier alpha value is -1.02. The molecule has 0 saturated carbocycles. The highest BCUT2D eigenvalue weighted by Gasteiger charge is 2.04. The molecule has 0 aromatic heterocycles. The standard InChI is InChI=1S/C13H22N2/c1-3-8-15-9-7-11(2)12-5-4-6-13(14)10-12/h4-6,10-11,15H,3,7-9,14H2,1-2H3. The highest BCUT2D eigenvalue weighted by Crippen LogP contribution is 2.20. The average Bonchev–Trinajstić information content (AvgIpc) is 2.24. The van der Waals surface area contributed by atoms with E-state index in [2.05, 4.69) is 31.3 Å². The molecule has 0 radical (unpaired) electrons. The first kappa shape index (κ1) is 12.1. The Kier molecular flexibility index (Phi) is 5.19. The van der Waals surface area contributed by atoms with E-state index in [1.54, 1.807) is 0 Å². The molecule has 0 bridgehead atoms. The zero-order valence-electron chi connectivity index (χ0n) is 9.79. The summed E-state index contributed by atoms with van der Waals surface area (Å²) < 4.78 is 0. The molecule has 1 aromatic carbocycles. The van der Waals surface area contributed by atoms with Crippen LogP contribution in [0.5, 0.6) is 0 Å². The van der Waals surface area contributed by atoms with E-state index in [-0.39, 0.29) is 0 Å². The summed E-state index contributed by atoms with van der Waals surface area (Å²) in [4.78, 5) is 0. The lowest BCUT2D eigenvalue weighted by Gasteiger charge is -2.12. The Bertz CT molecular complexity index is 284. The third-order valence-corrected chi connectivity index (χ3v) is 2.66. The normalized spacial score (nSPS) is 12.7. The Morgan fingerprint density at radius 3 is 2.80 bits per heavy atom. The largest absolute Gasteiger partial charge is 0.399 e. The number of anilines is 1. The van der Waals surface area contributed by atoms with E-state index in [1.165, 1.54) is 18.4 Å². The highest BCUT2D eigenvalue weighted by atomic mass is 14.8. The number of hydrogen-bond donors (Lipinski definition) is 2. The van der Waals surface area contributed by atoms with Crippen LogP contribution in [0.4, 0.5) is 5.69 Å². The molecule has 84 valence electrons. The minimum Gasteiger partial charge on any atom is -0.399 e. The van der Waals surface area contributed by atoms with Gasteiger partial charge >= 0.3 is 0 Å². The summed E-state index contributed by atoms with van der Waals surface area (Å²) >= 11 is 0. The summed E-state index contributed by atoms with van der Waals surface area (Å²) in [6.45, 7) is 6.64. The maximum atomic E-state index is 5.76. The van der Waals surface area contributed by atoms with Gasteiger partial charge in [0.15, 0.2) is 0 Å². The minimum atomic E-state index is 0.581. The molecule has 1 aromatic rings. The number of rotatable bonds is 6. The molecule has 1 rings (SSSR count). The average molecular weight is 206 g/mol. The van der Waals surface area contributed by atoms with Crippen molar-refractivity contribution >= 4 is 5.69 Å². The van der Waals surface area contributed by atoms with Crippen molar-refractivity contribution in [2.75, 3.05) is 18.8 Å². The van der Waals surface area contributed by atoms with Crippen LogP contribution in [-0.2, 0) is 0 Å². The molecule has 0 aliphatic carbocycles. The van der Waals surface area contributed by atoms with Crippen LogP contribution in [-0.4, -0.2) is 13.1 Å². The molecule has 2 nitrogen and oxygen atoms in total. The molecule has 15 heavy (non-hydrogen) atoms. The van der Waals surface area contributed by atoms with Crippen molar-refractivity contribution < 1.29 is 0 Å². The Labute approximate surface area is 92.9 Å². The smallest absolute Gasteiger partial charge is 0.0316 e. The number of nitrogen functional groups attached to an aromatic ring is 1. The number of benzene rings is 1. The summed E-state index contributed by atoms with van der Waals surface area (Å²) in [5.74, 6) is 0.581. The van der Waals surface area contributed by atoms with E-state index in [1.807, 2.05) is 12.1 Å². The van der Waals surface area contributed by atoms with Gasteiger partial charge in [-0.2, -0.15) is 0 Å². The van der Waals surface area contributed by atoms with Crippen LogP contribution >= 0.6 is 0 Å². The van der Waals surface area contributed by atoms with Gasteiger partial charge in [-0.1, -0.05) is 26.0 Å². The van der Waals surface area contributed by atoms with Gasteiger partial charge in [-0.05, 0) is 49.5 Å². The second kappa shape index (κ2) is 6.46. The van der Waals surface area contributed by atoms with Crippen LogP contribution in [0.15, 0.2) is 24.3 Å². The van der Waals surface area contributed by atoms with E-state index in [4.69, 9.17) is 5.73 Å². The molecule has 0 aliphatic heterocycles. The van der Waals surface area contributed by atoms with Gasteiger partial charge in [0.2, 0.25) is 0 Å². The van der Waals surface area contributed by atoms with Crippen molar-refractivity contribution in [2.24, 2.45) is 0 Å². The maximum absolute atomic E-state index is 5.76. The van der Waals surface area contributed by atoms with E-state index in [0.29, 0.717) is 5.92 Å². The van der Waals surface area contributed by atoms with Crippen molar-refractivity contribution in [3.63, 3.8) is 0 Å². The fraction of sp³-hybridized carbons (Fsp3) is 0.538. The fourth-order valence-electron chi connectivity index (χ4n) is 1.65. The fourth-order valence-corrected chi connectivity index (χ4v) is 1.65. The van der Waals surface area contributed by atoms with Crippen LogP contribution < -0.4 is 11.1 Å². The van der Waals surface area contributed by atoms with E-state index in [9.17, 15) is 0 Å². The SMILES string of the molecule is CCCNCCC(C)c1cccc(N)c1. The van der Waals surface area contributed by atoms with Crippen LogP contribution in [0.25, 0.3) is 0 Å². The van der Waals surface area contributed by atoms with Crippen LogP contribution in [0.3, 0.4) is 0 Å². The third-order valence-electron chi connectivity index (χ3n) is 2.66. The lowest BCUT2D eigenvalue weighted by molar-refractivity contribution is 0.591. The predicted molar refractivity (Wildman–Crippen MR) is 67.0 cm³/mol. The maximum Gasteiger partial charge on any atom is 0.0316 e. The summed E-state index contributed by atoms with van der Waals surface area (Å²) in [5.41, 5.74) is 7.96. The Morgan fingerprint density at radius 1 is 1.33 bits per heavy atom. The van der Waals surface area contributed by atoms with E-state index < -0.39 is 0 Å². The molecule has 3 N–H and O–H groups in total. The van der Waals surface area contributed by atoms with Crippen LogP contribution in [0, 0.1) is 0 Å². The topological polar surface area (TPSA) is 38.0 Å². The highest BCUT2D eigenvalue weighted by molar-refractivity contribution is 5.41. The van der Waals surface area contributed by atoms with Gasteiger partial charge in [0.05, 0.1) is 0 Å². The second-order valence-electron chi connectivity index (χ2n) is 4.11. The van der Waals surface area contributed by atoms with Crippen molar-refractivity contribution in [2.45, 2.75) is 32.6 Å². The number of hydrogen-bond acceptors (Lipinski definition) is 2. The minimum absolute atomic E-state index is 0.581. The molecule has 0 aliphatic rings. The Morgan fingerprint density at radius 2 is 2.13 bits per heavy atom. The zero-order valence-corrected chi connectivity index (χ0v) is 9.79. The number of nitrogens with one attached hydrogen (secondary N) is 1. The molecule has 0 heterocycles. The monoisotopic (exact) mass is 206 g/mol. The van der Waals surface area contributed by atoms with Crippen molar-refractivity contribution in [3.8, 4) is 0 Å². The lowest BCUT2D eigenvalue weighted by Crippen LogP contribution is -2.17. The third kappa shape index (κ3) is 4.34. The van der Waals surface area contributed by atoms with E-state index in [0.717, 1.165) is 18.8 Å². The van der Waals surface area contributed by atoms with E-state index >= 15 is 0 Å². The second-order valence-corrected chi connectivity index (χ2v) is 4.11. The van der Waals surface area contributed by atoms with Gasteiger partial charge in [0, 0.05) is 5.69 Å². The first-order chi connectivity index (χ1) is 7.24. The van der Waals surface area contributed by atoms with Gasteiger partial charge in [0.25, 0.3) is 0 Å². The molecule has 2 heteroatoms. The Balaban J connectivity index is 2.36. The quantitative estimate of drug-likeness (QED) is 0.555. The van der Waals surface area contributed by atoms with Gasteiger partial charge in [-0.25, -0.2) is 0 Å². The van der Waals surface area contributed by atoms with Crippen LogP contribution in [0.1, 0.15) is 38.2 Å². The molecule has 1 atom stereocenters. The summed E-state index contributed by atoms with van der Waals surface area (Å²) in [5, 5.41) is 3.42. The molecule has 0 saturated heterocycles. The van der Waals surface area contributed by atoms with Crippen molar-refractivity contribution in [1.29, 1.82) is 0 Å². The molecule has 0 amide bonds. The predicted octanol–water partition coefficient (Wildman–Crippen LogP) is 2.76. The first-order valence-corrected chi connectivity index (χ1v) is 5.80. The summed E-state index contributed by atoms with van der Waals surface area (Å²) in [6, 6.07) is 8.19. The van der Waals surface area contributed by atoms with Gasteiger partial charge in [-0.3, -0.25) is 0 Å².